The number of carbonyl (C=O) groups excluding carboxylic acids is 1. The molecule has 0 aromatic heterocycles. The van der Waals surface area contributed by atoms with Gasteiger partial charge in [0.05, 0.1) is 11.5 Å². The zero-order chi connectivity index (χ0) is 15.9. The van der Waals surface area contributed by atoms with Gasteiger partial charge < -0.3 is 15.8 Å². The van der Waals surface area contributed by atoms with Crippen LogP contribution in [0, 0.1) is 0 Å². The number of nitrogens with one attached hydrogen (secondary N) is 2. The number of rotatable bonds is 8. The van der Waals surface area contributed by atoms with Gasteiger partial charge in [0, 0.05) is 31.8 Å². The summed E-state index contributed by atoms with van der Waals surface area (Å²) in [5.74, 6) is -0.288. The summed E-state index contributed by atoms with van der Waals surface area (Å²) in [4.78, 5) is 11.9. The topological polar surface area (TPSA) is 111 Å². The van der Waals surface area contributed by atoms with Crippen LogP contribution < -0.4 is 15.8 Å². The van der Waals surface area contributed by atoms with E-state index in [2.05, 4.69) is 10.0 Å². The molecule has 0 bridgehead atoms. The molecule has 0 saturated carbocycles. The zero-order valence-corrected chi connectivity index (χ0v) is 14.2. The molecule has 1 amide bonds. The van der Waals surface area contributed by atoms with E-state index in [9.17, 15) is 13.2 Å². The normalized spacial score (nSPS) is 12.3. The van der Waals surface area contributed by atoms with Crippen molar-refractivity contribution in [3.63, 3.8) is 0 Å². The number of nitrogens with two attached hydrogens (primary N) is 1. The number of hydrogen-bond donors (Lipinski definition) is 3. The molecule has 22 heavy (non-hydrogen) atoms. The molecule has 0 radical (unpaired) electrons. The van der Waals surface area contributed by atoms with Gasteiger partial charge in [-0.05, 0) is 31.2 Å². The average Bonchev–Trinajstić information content (AvgIpc) is 2.47. The van der Waals surface area contributed by atoms with Crippen molar-refractivity contribution in [3.05, 3.63) is 29.8 Å². The fraction of sp³-hybridized carbons (Fsp3) is 0.462. The maximum Gasteiger partial charge on any atom is 0.251 e. The van der Waals surface area contributed by atoms with Gasteiger partial charge in [-0.3, -0.25) is 4.79 Å². The van der Waals surface area contributed by atoms with Crippen molar-refractivity contribution in [1.82, 2.24) is 10.0 Å². The Morgan fingerprint density at radius 2 is 1.91 bits per heavy atom. The van der Waals surface area contributed by atoms with Gasteiger partial charge in [0.15, 0.2) is 0 Å². The summed E-state index contributed by atoms with van der Waals surface area (Å²) in [6.45, 7) is 2.60. The molecule has 1 aromatic rings. The van der Waals surface area contributed by atoms with Gasteiger partial charge in [-0.15, -0.1) is 12.4 Å². The Bertz CT molecular complexity index is 563. The highest BCUT2D eigenvalue weighted by Crippen LogP contribution is 2.10. The van der Waals surface area contributed by atoms with E-state index in [0.29, 0.717) is 12.1 Å². The van der Waals surface area contributed by atoms with Crippen LogP contribution in [0.2, 0.25) is 0 Å². The van der Waals surface area contributed by atoms with Gasteiger partial charge >= 0.3 is 0 Å². The number of sulfonamides is 1. The summed E-state index contributed by atoms with van der Waals surface area (Å²) in [6.07, 6.45) is 0. The number of carbonyl (C=O) groups is 1. The number of methoxy groups -OCH3 is 1. The second-order valence-electron chi connectivity index (χ2n) is 4.53. The Kier molecular flexibility index (Phi) is 9.22. The quantitative estimate of drug-likeness (QED) is 0.576. The van der Waals surface area contributed by atoms with Crippen LogP contribution >= 0.6 is 12.4 Å². The van der Waals surface area contributed by atoms with E-state index in [4.69, 9.17) is 10.5 Å². The summed E-state index contributed by atoms with van der Waals surface area (Å²) < 4.78 is 31.0. The highest BCUT2D eigenvalue weighted by atomic mass is 35.5. The Balaban J connectivity index is 0.00000441. The molecule has 0 spiro atoms. The number of ether oxygens (including phenoxy) is 1. The first-order chi connectivity index (χ1) is 9.90. The molecule has 0 unspecified atom stereocenters. The lowest BCUT2D eigenvalue weighted by molar-refractivity contribution is 0.0941. The molecule has 0 aliphatic heterocycles. The van der Waals surface area contributed by atoms with E-state index in [0.717, 1.165) is 0 Å². The standard InChI is InChI=1S/C13H21N3O4S.ClH/c1-10(9-14)16-13(17)11-3-5-12(6-4-11)21(18,19)15-7-8-20-2;/h3-6,10,15H,7-9,14H2,1-2H3,(H,16,17);1H/t10-;/m0./s1. The van der Waals surface area contributed by atoms with Crippen molar-refractivity contribution < 1.29 is 17.9 Å². The van der Waals surface area contributed by atoms with Crippen LogP contribution in [0.25, 0.3) is 0 Å². The minimum Gasteiger partial charge on any atom is -0.383 e. The molecule has 7 nitrogen and oxygen atoms in total. The van der Waals surface area contributed by atoms with E-state index in [1.807, 2.05) is 0 Å². The van der Waals surface area contributed by atoms with E-state index < -0.39 is 10.0 Å². The minimum atomic E-state index is -3.58. The second-order valence-corrected chi connectivity index (χ2v) is 6.29. The molecule has 0 aliphatic rings. The van der Waals surface area contributed by atoms with Crippen LogP contribution in [0.5, 0.6) is 0 Å². The first kappa shape index (κ1) is 20.8. The largest absolute Gasteiger partial charge is 0.383 e. The maximum atomic E-state index is 11.9. The van der Waals surface area contributed by atoms with Crippen molar-refractivity contribution in [2.75, 3.05) is 26.8 Å². The van der Waals surface area contributed by atoms with Crippen LogP contribution in [0.1, 0.15) is 17.3 Å². The summed E-state index contributed by atoms with van der Waals surface area (Å²) in [5.41, 5.74) is 5.81. The molecular weight excluding hydrogens is 330 g/mol. The molecule has 0 heterocycles. The summed E-state index contributed by atoms with van der Waals surface area (Å²) >= 11 is 0. The van der Waals surface area contributed by atoms with Crippen molar-refractivity contribution >= 4 is 28.3 Å². The van der Waals surface area contributed by atoms with Gasteiger partial charge in [-0.25, -0.2) is 13.1 Å². The number of halogens is 1. The van der Waals surface area contributed by atoms with Gasteiger partial charge in [0.25, 0.3) is 5.91 Å². The molecule has 9 heteroatoms. The van der Waals surface area contributed by atoms with Gasteiger partial charge in [-0.1, -0.05) is 0 Å². The third-order valence-electron chi connectivity index (χ3n) is 2.76. The fourth-order valence-electron chi connectivity index (χ4n) is 1.51. The van der Waals surface area contributed by atoms with Crippen molar-refractivity contribution in [1.29, 1.82) is 0 Å². The van der Waals surface area contributed by atoms with E-state index >= 15 is 0 Å². The molecule has 1 atom stereocenters. The lowest BCUT2D eigenvalue weighted by atomic mass is 10.2. The maximum absolute atomic E-state index is 11.9. The monoisotopic (exact) mass is 351 g/mol. The highest BCUT2D eigenvalue weighted by Gasteiger charge is 2.14. The predicted octanol–water partition coefficient (Wildman–Crippen LogP) is 0.110. The Labute approximate surface area is 137 Å². The van der Waals surface area contributed by atoms with Crippen molar-refractivity contribution in [3.8, 4) is 0 Å². The van der Waals surface area contributed by atoms with Gasteiger partial charge in [0.1, 0.15) is 0 Å². The fourth-order valence-corrected chi connectivity index (χ4v) is 2.53. The molecule has 0 aliphatic carbocycles. The Hall–Kier alpha value is -1.19. The smallest absolute Gasteiger partial charge is 0.251 e. The van der Waals surface area contributed by atoms with Gasteiger partial charge in [0.2, 0.25) is 10.0 Å². The number of hydrogen-bond acceptors (Lipinski definition) is 5. The molecular formula is C13H22ClN3O4S. The third-order valence-corrected chi connectivity index (χ3v) is 4.23. The van der Waals surface area contributed by atoms with Crippen LogP contribution in [0.3, 0.4) is 0 Å². The number of amides is 1. The van der Waals surface area contributed by atoms with Crippen LogP contribution in [-0.2, 0) is 14.8 Å². The third kappa shape index (κ3) is 6.29. The zero-order valence-electron chi connectivity index (χ0n) is 12.5. The summed E-state index contributed by atoms with van der Waals surface area (Å²) in [7, 11) is -2.09. The Morgan fingerprint density at radius 3 is 2.41 bits per heavy atom. The lowest BCUT2D eigenvalue weighted by Crippen LogP contribution is -2.37. The number of benzene rings is 1. The average molecular weight is 352 g/mol. The van der Waals surface area contributed by atoms with E-state index in [1.165, 1.54) is 31.4 Å². The molecule has 1 rings (SSSR count). The lowest BCUT2D eigenvalue weighted by Gasteiger charge is -2.11. The Morgan fingerprint density at radius 1 is 1.32 bits per heavy atom. The van der Waals surface area contributed by atoms with Crippen molar-refractivity contribution in [2.24, 2.45) is 5.73 Å². The van der Waals surface area contributed by atoms with Crippen LogP contribution in [0.4, 0.5) is 0 Å². The first-order valence-corrected chi connectivity index (χ1v) is 7.98. The predicted molar refractivity (Wildman–Crippen MR) is 86.7 cm³/mol. The van der Waals surface area contributed by atoms with Crippen molar-refractivity contribution in [2.45, 2.75) is 17.9 Å². The molecule has 4 N–H and O–H groups in total. The minimum absolute atomic E-state index is 0. The molecule has 0 fully saturated rings. The second kappa shape index (κ2) is 9.75. The SMILES string of the molecule is COCCNS(=O)(=O)c1ccc(C(=O)N[C@@H](C)CN)cc1.Cl. The highest BCUT2D eigenvalue weighted by molar-refractivity contribution is 7.89. The molecule has 1 aromatic carbocycles. The summed E-state index contributed by atoms with van der Waals surface area (Å²) in [5, 5.41) is 2.70. The van der Waals surface area contributed by atoms with Gasteiger partial charge in [-0.2, -0.15) is 0 Å². The van der Waals surface area contributed by atoms with Crippen LogP contribution in [0.15, 0.2) is 29.2 Å². The van der Waals surface area contributed by atoms with E-state index in [1.54, 1.807) is 6.92 Å². The molecule has 0 saturated heterocycles. The first-order valence-electron chi connectivity index (χ1n) is 6.50. The van der Waals surface area contributed by atoms with E-state index in [-0.39, 0.29) is 42.4 Å². The summed E-state index contributed by atoms with van der Waals surface area (Å²) in [6, 6.07) is 5.55. The van der Waals surface area contributed by atoms with Crippen LogP contribution in [-0.4, -0.2) is 47.2 Å². The molecule has 126 valence electrons.